The van der Waals surface area contributed by atoms with E-state index in [0.717, 1.165) is 16.7 Å². The predicted octanol–water partition coefficient (Wildman–Crippen LogP) is 4.76. The molecule has 0 spiro atoms. The van der Waals surface area contributed by atoms with Crippen molar-refractivity contribution in [2.75, 3.05) is 6.61 Å². The number of nitrogens with zero attached hydrogens (tertiary/aromatic N) is 1. The second-order valence-corrected chi connectivity index (χ2v) is 6.07. The van der Waals surface area contributed by atoms with Crippen molar-refractivity contribution in [2.45, 2.75) is 20.3 Å². The van der Waals surface area contributed by atoms with Crippen molar-refractivity contribution in [3.63, 3.8) is 0 Å². The van der Waals surface area contributed by atoms with Crippen LogP contribution >= 0.6 is 23.2 Å². The lowest BCUT2D eigenvalue weighted by Gasteiger charge is -2.06. The van der Waals surface area contributed by atoms with Crippen molar-refractivity contribution in [2.24, 2.45) is 5.16 Å². The fourth-order valence-corrected chi connectivity index (χ4v) is 2.38. The minimum Gasteiger partial charge on any atom is -0.482 e. The van der Waals surface area contributed by atoms with Crippen LogP contribution in [0.4, 0.5) is 0 Å². The van der Waals surface area contributed by atoms with Gasteiger partial charge < -0.3 is 9.57 Å². The molecule has 0 N–H and O–H groups in total. The largest absolute Gasteiger partial charge is 0.482 e. The van der Waals surface area contributed by atoms with E-state index in [-0.39, 0.29) is 6.61 Å². The Morgan fingerprint density at radius 3 is 2.62 bits per heavy atom. The van der Waals surface area contributed by atoms with E-state index in [4.69, 9.17) is 32.8 Å². The Kier molecular flexibility index (Phi) is 6.64. The normalized spacial score (nSPS) is 10.8. The first-order valence-corrected chi connectivity index (χ1v) is 8.07. The van der Waals surface area contributed by atoms with Crippen molar-refractivity contribution in [1.82, 2.24) is 0 Å². The van der Waals surface area contributed by atoms with Crippen LogP contribution in [-0.2, 0) is 16.1 Å². The minimum atomic E-state index is -0.577. The summed E-state index contributed by atoms with van der Waals surface area (Å²) in [5.41, 5.74) is 3.10. The molecular weight excluding hydrogens is 349 g/mol. The molecule has 0 heterocycles. The van der Waals surface area contributed by atoms with Crippen LogP contribution in [0.3, 0.4) is 0 Å². The zero-order chi connectivity index (χ0) is 17.5. The Morgan fingerprint density at radius 1 is 1.12 bits per heavy atom. The number of halogens is 2. The standard InChI is InChI=1S/C18H17Cl2NO3/c1-12-3-6-16(9-13(12)2)23-11-18(22)24-21-8-7-14-4-5-15(19)10-17(14)20/h3-6,8-10H,7,11H2,1-2H3/b21-8+. The Balaban J connectivity index is 1.77. The molecule has 2 aromatic carbocycles. The van der Waals surface area contributed by atoms with Gasteiger partial charge in [0.1, 0.15) is 5.75 Å². The van der Waals surface area contributed by atoms with Gasteiger partial charge in [-0.2, -0.15) is 0 Å². The van der Waals surface area contributed by atoms with Gasteiger partial charge in [0.2, 0.25) is 0 Å². The van der Waals surface area contributed by atoms with Crippen LogP contribution in [0, 0.1) is 13.8 Å². The monoisotopic (exact) mass is 365 g/mol. The van der Waals surface area contributed by atoms with E-state index in [0.29, 0.717) is 22.2 Å². The maximum Gasteiger partial charge on any atom is 0.371 e. The van der Waals surface area contributed by atoms with E-state index in [1.165, 1.54) is 6.21 Å². The first kappa shape index (κ1) is 18.3. The molecule has 2 rings (SSSR count). The highest BCUT2D eigenvalue weighted by molar-refractivity contribution is 6.35. The van der Waals surface area contributed by atoms with Crippen LogP contribution in [0.2, 0.25) is 10.0 Å². The third-order valence-corrected chi connectivity index (χ3v) is 3.98. The van der Waals surface area contributed by atoms with Gasteiger partial charge >= 0.3 is 5.97 Å². The lowest BCUT2D eigenvalue weighted by Crippen LogP contribution is -2.12. The minimum absolute atomic E-state index is 0.207. The Labute approximate surface area is 151 Å². The molecule has 0 atom stereocenters. The fourth-order valence-electron chi connectivity index (χ4n) is 1.89. The van der Waals surface area contributed by atoms with Crippen molar-refractivity contribution in [1.29, 1.82) is 0 Å². The highest BCUT2D eigenvalue weighted by atomic mass is 35.5. The number of aryl methyl sites for hydroxylation is 2. The van der Waals surface area contributed by atoms with E-state index >= 15 is 0 Å². The second-order valence-electron chi connectivity index (χ2n) is 5.23. The van der Waals surface area contributed by atoms with Gasteiger partial charge in [0.05, 0.1) is 0 Å². The zero-order valence-electron chi connectivity index (χ0n) is 13.4. The van der Waals surface area contributed by atoms with Crippen LogP contribution in [0.25, 0.3) is 0 Å². The summed E-state index contributed by atoms with van der Waals surface area (Å²) >= 11 is 11.9. The number of benzene rings is 2. The molecule has 0 bridgehead atoms. The number of carbonyl (C=O) groups is 1. The number of oxime groups is 1. The van der Waals surface area contributed by atoms with Crippen molar-refractivity contribution >= 4 is 35.4 Å². The molecule has 4 nitrogen and oxygen atoms in total. The molecular formula is C18H17Cl2NO3. The molecule has 0 unspecified atom stereocenters. The van der Waals surface area contributed by atoms with E-state index in [1.807, 2.05) is 26.0 Å². The number of hydrogen-bond donors (Lipinski definition) is 0. The molecule has 0 aliphatic heterocycles. The van der Waals surface area contributed by atoms with Crippen LogP contribution < -0.4 is 4.74 Å². The predicted molar refractivity (Wildman–Crippen MR) is 96.2 cm³/mol. The summed E-state index contributed by atoms with van der Waals surface area (Å²) in [6.45, 7) is 3.78. The molecule has 0 aromatic heterocycles. The first-order valence-electron chi connectivity index (χ1n) is 7.31. The van der Waals surface area contributed by atoms with Gasteiger partial charge in [-0.3, -0.25) is 0 Å². The lowest BCUT2D eigenvalue weighted by molar-refractivity contribution is -0.145. The number of hydrogen-bond acceptors (Lipinski definition) is 4. The summed E-state index contributed by atoms with van der Waals surface area (Å²) in [7, 11) is 0. The Hall–Kier alpha value is -2.04. The van der Waals surface area contributed by atoms with Crippen molar-refractivity contribution < 1.29 is 14.4 Å². The molecule has 2 aromatic rings. The molecule has 0 amide bonds. The summed E-state index contributed by atoms with van der Waals surface area (Å²) in [6, 6.07) is 10.8. The second kappa shape index (κ2) is 8.71. The average Bonchev–Trinajstić information content (AvgIpc) is 2.54. The Bertz CT molecular complexity index is 760. The average molecular weight is 366 g/mol. The molecule has 24 heavy (non-hydrogen) atoms. The van der Waals surface area contributed by atoms with Crippen LogP contribution in [0.1, 0.15) is 16.7 Å². The van der Waals surface area contributed by atoms with Gasteiger partial charge in [-0.1, -0.05) is 40.5 Å². The summed E-state index contributed by atoms with van der Waals surface area (Å²) in [6.07, 6.45) is 1.89. The quantitative estimate of drug-likeness (QED) is 0.421. The summed E-state index contributed by atoms with van der Waals surface area (Å²) in [5.74, 6) is 0.0404. The third-order valence-electron chi connectivity index (χ3n) is 3.39. The fraction of sp³-hybridized carbons (Fsp3) is 0.222. The topological polar surface area (TPSA) is 47.9 Å². The van der Waals surface area contributed by atoms with E-state index < -0.39 is 5.97 Å². The summed E-state index contributed by atoms with van der Waals surface area (Å²) < 4.78 is 5.37. The summed E-state index contributed by atoms with van der Waals surface area (Å²) in [5, 5.41) is 4.73. The first-order chi connectivity index (χ1) is 11.5. The number of rotatable bonds is 6. The molecule has 0 aliphatic rings. The maximum absolute atomic E-state index is 11.6. The molecule has 6 heteroatoms. The van der Waals surface area contributed by atoms with Gasteiger partial charge in [-0.05, 0) is 54.8 Å². The van der Waals surface area contributed by atoms with E-state index in [1.54, 1.807) is 24.3 Å². The van der Waals surface area contributed by atoms with E-state index in [9.17, 15) is 4.79 Å². The summed E-state index contributed by atoms with van der Waals surface area (Å²) in [4.78, 5) is 16.3. The molecule has 0 fully saturated rings. The van der Waals surface area contributed by atoms with Gasteiger partial charge in [0, 0.05) is 22.7 Å². The highest BCUT2D eigenvalue weighted by Gasteiger charge is 2.05. The number of ether oxygens (including phenoxy) is 1. The maximum atomic E-state index is 11.6. The van der Waals surface area contributed by atoms with Gasteiger partial charge in [0.15, 0.2) is 6.61 Å². The molecule has 0 saturated heterocycles. The number of carbonyl (C=O) groups excluding carboxylic acids is 1. The van der Waals surface area contributed by atoms with Crippen LogP contribution in [0.15, 0.2) is 41.6 Å². The van der Waals surface area contributed by atoms with Gasteiger partial charge in [-0.15, -0.1) is 0 Å². The SMILES string of the molecule is Cc1ccc(OCC(=O)O/N=C/Cc2ccc(Cl)cc2Cl)cc1C. The zero-order valence-corrected chi connectivity index (χ0v) is 14.9. The molecule has 0 aliphatic carbocycles. The van der Waals surface area contributed by atoms with Gasteiger partial charge in [-0.25, -0.2) is 4.79 Å². The van der Waals surface area contributed by atoms with Crippen LogP contribution in [0.5, 0.6) is 5.75 Å². The van der Waals surface area contributed by atoms with Crippen molar-refractivity contribution in [3.8, 4) is 5.75 Å². The molecule has 0 radical (unpaired) electrons. The lowest BCUT2D eigenvalue weighted by atomic mass is 10.1. The Morgan fingerprint density at radius 2 is 1.92 bits per heavy atom. The van der Waals surface area contributed by atoms with Crippen LogP contribution in [-0.4, -0.2) is 18.8 Å². The molecule has 126 valence electrons. The molecule has 0 saturated carbocycles. The highest BCUT2D eigenvalue weighted by Crippen LogP contribution is 2.21. The van der Waals surface area contributed by atoms with Crippen molar-refractivity contribution in [3.05, 3.63) is 63.1 Å². The van der Waals surface area contributed by atoms with E-state index in [2.05, 4.69) is 5.16 Å². The smallest absolute Gasteiger partial charge is 0.371 e. The third kappa shape index (κ3) is 5.55. The van der Waals surface area contributed by atoms with Gasteiger partial charge in [0.25, 0.3) is 0 Å².